The van der Waals surface area contributed by atoms with Crippen LogP contribution in [0.25, 0.3) is 0 Å². The highest BCUT2D eigenvalue weighted by atomic mass is 32.2. The van der Waals surface area contributed by atoms with Gasteiger partial charge in [-0.3, -0.25) is 5.43 Å². The zero-order valence-corrected chi connectivity index (χ0v) is 6.60. The maximum atomic E-state index is 11.1. The summed E-state index contributed by atoms with van der Waals surface area (Å²) in [5.74, 6) is 0. The van der Waals surface area contributed by atoms with E-state index >= 15 is 0 Å². The average Bonchev–Trinajstić information content (AvgIpc) is 2.55. The Hall–Kier alpha value is -0.880. The number of hydrogen-bond acceptors (Lipinski definition) is 4. The van der Waals surface area contributed by atoms with Crippen LogP contribution in [0.3, 0.4) is 0 Å². The van der Waals surface area contributed by atoms with Crippen molar-refractivity contribution >= 4 is 18.0 Å². The van der Waals surface area contributed by atoms with Crippen LogP contribution in [0, 0.1) is 0 Å². The Labute approximate surface area is 68.5 Å². The minimum atomic E-state index is -0.0475. The molecule has 2 heterocycles. The largest absolute Gasteiger partial charge is 0.335 e. The second kappa shape index (κ2) is 2.63. The van der Waals surface area contributed by atoms with Crippen molar-refractivity contribution in [2.45, 2.75) is 0 Å². The van der Waals surface area contributed by atoms with Gasteiger partial charge in [-0.15, -0.1) is 0 Å². The summed E-state index contributed by atoms with van der Waals surface area (Å²) in [5, 5.41) is 6.21. The fourth-order valence-electron chi connectivity index (χ4n) is 0.974. The van der Waals surface area contributed by atoms with Crippen LogP contribution < -0.4 is 10.7 Å². The minimum Gasteiger partial charge on any atom is -0.335 e. The summed E-state index contributed by atoms with van der Waals surface area (Å²) in [7, 11) is 0. The summed E-state index contributed by atoms with van der Waals surface area (Å²) in [4.78, 5) is 11.1. The molecule has 0 atom stereocenters. The Morgan fingerprint density at radius 3 is 3.09 bits per heavy atom. The van der Waals surface area contributed by atoms with E-state index in [1.807, 2.05) is 5.41 Å². The molecule has 2 aliphatic heterocycles. The van der Waals surface area contributed by atoms with Crippen LogP contribution in [0.4, 0.5) is 4.79 Å². The molecular formula is C5H8N4OS. The number of nitrogens with one attached hydrogen (secondary N) is 2. The molecule has 2 N–H and O–H groups in total. The van der Waals surface area contributed by atoms with Gasteiger partial charge in [0.1, 0.15) is 0 Å². The third-order valence-corrected chi connectivity index (χ3v) is 2.23. The van der Waals surface area contributed by atoms with E-state index in [-0.39, 0.29) is 6.03 Å². The van der Waals surface area contributed by atoms with Gasteiger partial charge in [-0.2, -0.15) is 0 Å². The zero-order chi connectivity index (χ0) is 7.68. The molecule has 11 heavy (non-hydrogen) atoms. The lowest BCUT2D eigenvalue weighted by Crippen LogP contribution is -2.44. The van der Waals surface area contributed by atoms with E-state index < -0.39 is 0 Å². The predicted molar refractivity (Wildman–Crippen MR) is 41.8 cm³/mol. The van der Waals surface area contributed by atoms with E-state index in [1.54, 1.807) is 15.7 Å². The first-order chi connectivity index (χ1) is 5.38. The predicted octanol–water partition coefficient (Wildman–Crippen LogP) is -0.134. The SMILES string of the molecule is O=C1NCCN1N1NC=CS1. The highest BCUT2D eigenvalue weighted by Crippen LogP contribution is 2.17. The molecule has 0 bridgehead atoms. The smallest absolute Gasteiger partial charge is 0.334 e. The van der Waals surface area contributed by atoms with E-state index in [0.29, 0.717) is 0 Å². The first kappa shape index (κ1) is 6.81. The number of hydrogen-bond donors (Lipinski definition) is 2. The molecule has 1 saturated heterocycles. The Morgan fingerprint density at radius 2 is 2.55 bits per heavy atom. The molecule has 60 valence electrons. The van der Waals surface area contributed by atoms with E-state index in [9.17, 15) is 4.79 Å². The van der Waals surface area contributed by atoms with Gasteiger partial charge in [0.05, 0.1) is 6.54 Å². The lowest BCUT2D eigenvalue weighted by atomic mass is 10.7. The van der Waals surface area contributed by atoms with Crippen molar-refractivity contribution in [2.24, 2.45) is 0 Å². The highest BCUT2D eigenvalue weighted by molar-refractivity contribution is 8.00. The Bertz CT molecular complexity index is 199. The summed E-state index contributed by atoms with van der Waals surface area (Å²) < 4.78 is 1.70. The van der Waals surface area contributed by atoms with Crippen molar-refractivity contribution in [2.75, 3.05) is 13.1 Å². The Morgan fingerprint density at radius 1 is 1.64 bits per heavy atom. The third-order valence-electron chi connectivity index (χ3n) is 1.47. The van der Waals surface area contributed by atoms with Gasteiger partial charge in [-0.1, -0.05) is 4.52 Å². The van der Waals surface area contributed by atoms with Gasteiger partial charge < -0.3 is 5.32 Å². The van der Waals surface area contributed by atoms with Crippen molar-refractivity contribution in [3.63, 3.8) is 0 Å². The van der Waals surface area contributed by atoms with E-state index in [4.69, 9.17) is 0 Å². The summed E-state index contributed by atoms with van der Waals surface area (Å²) in [6.45, 7) is 1.44. The topological polar surface area (TPSA) is 47.6 Å². The number of carbonyl (C=O) groups excluding carboxylic acids is 1. The molecule has 0 saturated carbocycles. The zero-order valence-electron chi connectivity index (χ0n) is 5.78. The van der Waals surface area contributed by atoms with Crippen molar-refractivity contribution in [3.05, 3.63) is 11.6 Å². The van der Waals surface area contributed by atoms with Gasteiger partial charge in [0.25, 0.3) is 0 Å². The second-order valence-corrected chi connectivity index (χ2v) is 2.99. The summed E-state index contributed by atoms with van der Waals surface area (Å²) in [5.41, 5.74) is 2.91. The van der Waals surface area contributed by atoms with Crippen LogP contribution in [0.5, 0.6) is 0 Å². The van der Waals surface area contributed by atoms with Gasteiger partial charge in [0.2, 0.25) is 0 Å². The summed E-state index contributed by atoms with van der Waals surface area (Å²) >= 11 is 1.45. The van der Waals surface area contributed by atoms with Crippen molar-refractivity contribution in [1.82, 2.24) is 20.3 Å². The standard InChI is InChI=1S/C5H8N4OS/c10-5-6-1-3-8(5)9-7-2-4-11-9/h2,4,7H,1,3H2,(H,6,10). The number of urea groups is 1. The van der Waals surface area contributed by atoms with Crippen LogP contribution in [0.1, 0.15) is 0 Å². The molecule has 0 spiro atoms. The van der Waals surface area contributed by atoms with E-state index in [0.717, 1.165) is 13.1 Å². The molecule has 0 radical (unpaired) electrons. The van der Waals surface area contributed by atoms with Gasteiger partial charge in [-0.25, -0.2) is 9.80 Å². The van der Waals surface area contributed by atoms with Gasteiger partial charge in [0.15, 0.2) is 0 Å². The lowest BCUT2D eigenvalue weighted by molar-refractivity contribution is 0.104. The van der Waals surface area contributed by atoms with Crippen molar-refractivity contribution in [3.8, 4) is 0 Å². The summed E-state index contributed by atoms with van der Waals surface area (Å²) in [6, 6.07) is -0.0475. The van der Waals surface area contributed by atoms with Crippen molar-refractivity contribution < 1.29 is 4.79 Å². The molecule has 1 fully saturated rings. The molecule has 5 nitrogen and oxygen atoms in total. The normalized spacial score (nSPS) is 24.0. The molecule has 0 aliphatic carbocycles. The van der Waals surface area contributed by atoms with Crippen LogP contribution in [-0.2, 0) is 0 Å². The molecule has 2 rings (SSSR count). The second-order valence-electron chi connectivity index (χ2n) is 2.17. The third kappa shape index (κ3) is 1.14. The maximum Gasteiger partial charge on any atom is 0.334 e. The molecule has 0 unspecified atom stereocenters. The molecule has 0 aromatic rings. The molecule has 2 amide bonds. The van der Waals surface area contributed by atoms with Gasteiger partial charge in [-0.05, 0) is 11.9 Å². The molecule has 0 aromatic carbocycles. The fourth-order valence-corrected chi connectivity index (χ4v) is 1.60. The first-order valence-electron chi connectivity index (χ1n) is 3.31. The molecule has 2 aliphatic rings. The fraction of sp³-hybridized carbons (Fsp3) is 0.400. The van der Waals surface area contributed by atoms with Gasteiger partial charge >= 0.3 is 6.03 Å². The number of rotatable bonds is 1. The minimum absolute atomic E-state index is 0.0475. The monoisotopic (exact) mass is 172 g/mol. The number of hydrazine groups is 2. The highest BCUT2D eigenvalue weighted by Gasteiger charge is 2.26. The lowest BCUT2D eigenvalue weighted by Gasteiger charge is -2.23. The number of carbonyl (C=O) groups is 1. The Kier molecular flexibility index (Phi) is 1.63. The molecule has 6 heteroatoms. The average molecular weight is 172 g/mol. The summed E-state index contributed by atoms with van der Waals surface area (Å²) in [6.07, 6.45) is 1.79. The van der Waals surface area contributed by atoms with Crippen LogP contribution >= 0.6 is 11.9 Å². The molecular weight excluding hydrogens is 164 g/mol. The van der Waals surface area contributed by atoms with Gasteiger partial charge in [0, 0.05) is 18.2 Å². The Balaban J connectivity index is 1.98. The first-order valence-corrected chi connectivity index (χ1v) is 4.15. The van der Waals surface area contributed by atoms with Crippen LogP contribution in [0.2, 0.25) is 0 Å². The van der Waals surface area contributed by atoms with Crippen LogP contribution in [-0.4, -0.2) is 28.7 Å². The van der Waals surface area contributed by atoms with E-state index in [1.165, 1.54) is 11.9 Å². The number of nitrogens with zero attached hydrogens (tertiary/aromatic N) is 2. The van der Waals surface area contributed by atoms with Crippen LogP contribution in [0.15, 0.2) is 11.6 Å². The van der Waals surface area contributed by atoms with Crippen molar-refractivity contribution in [1.29, 1.82) is 0 Å². The maximum absolute atomic E-state index is 11.1. The molecule has 0 aromatic heterocycles. The van der Waals surface area contributed by atoms with E-state index in [2.05, 4.69) is 10.7 Å². The number of amides is 2. The quantitative estimate of drug-likeness (QED) is 0.541.